The first-order valence-electron chi connectivity index (χ1n) is 9.11. The quantitative estimate of drug-likeness (QED) is 0.862. The Morgan fingerprint density at radius 1 is 1.08 bits per heavy atom. The number of aromatic nitrogens is 1. The number of amides is 1. The maximum absolute atomic E-state index is 13.1. The maximum atomic E-state index is 13.1. The zero-order chi connectivity index (χ0) is 17.3. The Labute approximate surface area is 149 Å². The van der Waals surface area contributed by atoms with E-state index < -0.39 is 0 Å². The SMILES string of the molecule is Cc1cccc(CN2CC[C@]3(CCN(Cc4cccnc4)C3)C2=O)c1. The molecule has 1 aromatic carbocycles. The van der Waals surface area contributed by atoms with Crippen LogP contribution >= 0.6 is 0 Å². The van der Waals surface area contributed by atoms with Crippen LogP contribution in [0, 0.1) is 12.3 Å². The summed E-state index contributed by atoms with van der Waals surface area (Å²) in [4.78, 5) is 21.8. The van der Waals surface area contributed by atoms with E-state index in [1.807, 2.05) is 12.3 Å². The normalized spacial score (nSPS) is 23.7. The van der Waals surface area contributed by atoms with Crippen LogP contribution in [0.5, 0.6) is 0 Å². The molecule has 2 aromatic rings. The van der Waals surface area contributed by atoms with Gasteiger partial charge >= 0.3 is 0 Å². The summed E-state index contributed by atoms with van der Waals surface area (Å²) >= 11 is 0. The van der Waals surface area contributed by atoms with Crippen LogP contribution in [0.4, 0.5) is 0 Å². The fourth-order valence-corrected chi connectivity index (χ4v) is 4.30. The lowest BCUT2D eigenvalue weighted by atomic mass is 9.85. The van der Waals surface area contributed by atoms with Gasteiger partial charge < -0.3 is 4.90 Å². The van der Waals surface area contributed by atoms with Crippen LogP contribution < -0.4 is 0 Å². The predicted octanol–water partition coefficient (Wildman–Crippen LogP) is 3.01. The summed E-state index contributed by atoms with van der Waals surface area (Å²) in [6.45, 7) is 6.49. The smallest absolute Gasteiger partial charge is 0.230 e. The Kier molecular flexibility index (Phi) is 4.30. The van der Waals surface area contributed by atoms with Crippen molar-refractivity contribution in [1.29, 1.82) is 0 Å². The molecular formula is C21H25N3O. The molecule has 0 unspecified atom stereocenters. The number of aryl methyl sites for hydroxylation is 1. The van der Waals surface area contributed by atoms with Crippen LogP contribution in [0.1, 0.15) is 29.5 Å². The molecular weight excluding hydrogens is 310 g/mol. The summed E-state index contributed by atoms with van der Waals surface area (Å²) in [5.41, 5.74) is 3.55. The largest absolute Gasteiger partial charge is 0.338 e. The average Bonchev–Trinajstić information content (AvgIpc) is 3.15. The van der Waals surface area contributed by atoms with Crippen molar-refractivity contribution in [3.63, 3.8) is 0 Å². The Morgan fingerprint density at radius 2 is 1.92 bits per heavy atom. The van der Waals surface area contributed by atoms with E-state index in [1.54, 1.807) is 6.20 Å². The molecule has 0 radical (unpaired) electrons. The average molecular weight is 335 g/mol. The van der Waals surface area contributed by atoms with E-state index in [1.165, 1.54) is 16.7 Å². The Balaban J connectivity index is 1.41. The predicted molar refractivity (Wildman–Crippen MR) is 97.8 cm³/mol. The molecule has 25 heavy (non-hydrogen) atoms. The van der Waals surface area contributed by atoms with Gasteiger partial charge in [0.05, 0.1) is 5.41 Å². The lowest BCUT2D eigenvalue weighted by Crippen LogP contribution is -2.36. The number of pyridine rings is 1. The van der Waals surface area contributed by atoms with Crippen LogP contribution in [-0.2, 0) is 17.9 Å². The highest BCUT2D eigenvalue weighted by Gasteiger charge is 2.50. The number of hydrogen-bond acceptors (Lipinski definition) is 3. The van der Waals surface area contributed by atoms with Gasteiger partial charge in [-0.25, -0.2) is 0 Å². The highest BCUT2D eigenvalue weighted by Crippen LogP contribution is 2.41. The molecule has 0 bridgehead atoms. The lowest BCUT2D eigenvalue weighted by Gasteiger charge is -2.24. The van der Waals surface area contributed by atoms with Crippen LogP contribution in [0.3, 0.4) is 0 Å². The van der Waals surface area contributed by atoms with Gasteiger partial charge in [-0.05, 0) is 43.5 Å². The standard InChI is InChI=1S/C21H25N3O/c1-17-4-2-5-18(12-17)15-24-11-8-21(20(24)25)7-10-23(16-21)14-19-6-3-9-22-13-19/h2-6,9,12-13H,7-8,10-11,14-16H2,1H3/t21-/m0/s1. The Morgan fingerprint density at radius 3 is 2.72 bits per heavy atom. The van der Waals surface area contributed by atoms with E-state index in [4.69, 9.17) is 0 Å². The first-order valence-corrected chi connectivity index (χ1v) is 9.11. The summed E-state index contributed by atoms with van der Waals surface area (Å²) in [5.74, 6) is 0.350. The van der Waals surface area contributed by atoms with Gasteiger partial charge in [0, 0.05) is 38.6 Å². The number of benzene rings is 1. The summed E-state index contributed by atoms with van der Waals surface area (Å²) in [5, 5.41) is 0. The van der Waals surface area contributed by atoms with E-state index in [2.05, 4.69) is 52.0 Å². The molecule has 3 heterocycles. The minimum atomic E-state index is -0.161. The van der Waals surface area contributed by atoms with Gasteiger partial charge in [-0.3, -0.25) is 14.7 Å². The lowest BCUT2D eigenvalue weighted by molar-refractivity contribution is -0.136. The third-order valence-electron chi connectivity index (χ3n) is 5.62. The number of rotatable bonds is 4. The van der Waals surface area contributed by atoms with Gasteiger partial charge in [-0.15, -0.1) is 0 Å². The van der Waals surface area contributed by atoms with E-state index in [9.17, 15) is 4.79 Å². The van der Waals surface area contributed by atoms with Crippen molar-refractivity contribution in [3.05, 3.63) is 65.5 Å². The number of carbonyl (C=O) groups is 1. The first-order chi connectivity index (χ1) is 12.1. The van der Waals surface area contributed by atoms with Crippen molar-refractivity contribution < 1.29 is 4.79 Å². The molecule has 2 aliphatic heterocycles. The highest BCUT2D eigenvalue weighted by atomic mass is 16.2. The molecule has 1 aromatic heterocycles. The summed E-state index contributed by atoms with van der Waals surface area (Å²) < 4.78 is 0. The zero-order valence-electron chi connectivity index (χ0n) is 14.8. The van der Waals surface area contributed by atoms with Gasteiger partial charge in [-0.1, -0.05) is 35.9 Å². The molecule has 4 heteroatoms. The molecule has 1 amide bonds. The summed E-state index contributed by atoms with van der Waals surface area (Å²) in [6, 6.07) is 12.6. The van der Waals surface area contributed by atoms with Crippen molar-refractivity contribution in [2.75, 3.05) is 19.6 Å². The van der Waals surface area contributed by atoms with Gasteiger partial charge in [0.2, 0.25) is 5.91 Å². The number of nitrogens with zero attached hydrogens (tertiary/aromatic N) is 3. The van der Waals surface area contributed by atoms with Crippen molar-refractivity contribution >= 4 is 5.91 Å². The van der Waals surface area contributed by atoms with Crippen LogP contribution in [-0.4, -0.2) is 40.3 Å². The van der Waals surface area contributed by atoms with E-state index in [0.717, 1.165) is 45.6 Å². The molecule has 2 aliphatic rings. The zero-order valence-corrected chi connectivity index (χ0v) is 14.8. The molecule has 0 N–H and O–H groups in total. The third kappa shape index (κ3) is 3.31. The van der Waals surface area contributed by atoms with Crippen molar-refractivity contribution in [2.45, 2.75) is 32.9 Å². The minimum Gasteiger partial charge on any atom is -0.338 e. The van der Waals surface area contributed by atoms with Crippen molar-refractivity contribution in [1.82, 2.24) is 14.8 Å². The molecule has 0 aliphatic carbocycles. The Bertz CT molecular complexity index is 761. The number of hydrogen-bond donors (Lipinski definition) is 0. The monoisotopic (exact) mass is 335 g/mol. The molecule has 1 spiro atoms. The topological polar surface area (TPSA) is 36.4 Å². The van der Waals surface area contributed by atoms with Gasteiger partial charge in [0.15, 0.2) is 0 Å². The second-order valence-electron chi connectivity index (χ2n) is 7.57. The Hall–Kier alpha value is -2.20. The highest BCUT2D eigenvalue weighted by molar-refractivity contribution is 5.85. The molecule has 130 valence electrons. The summed E-state index contributed by atoms with van der Waals surface area (Å²) in [7, 11) is 0. The molecule has 0 saturated carbocycles. The van der Waals surface area contributed by atoms with Crippen LogP contribution in [0.2, 0.25) is 0 Å². The molecule has 2 saturated heterocycles. The fraction of sp³-hybridized carbons (Fsp3) is 0.429. The third-order valence-corrected chi connectivity index (χ3v) is 5.62. The van der Waals surface area contributed by atoms with Crippen LogP contribution in [0.15, 0.2) is 48.8 Å². The minimum absolute atomic E-state index is 0.161. The second kappa shape index (κ2) is 6.60. The van der Waals surface area contributed by atoms with Crippen molar-refractivity contribution in [2.24, 2.45) is 5.41 Å². The maximum Gasteiger partial charge on any atom is 0.230 e. The van der Waals surface area contributed by atoms with Crippen molar-refractivity contribution in [3.8, 4) is 0 Å². The molecule has 4 rings (SSSR count). The fourth-order valence-electron chi connectivity index (χ4n) is 4.30. The number of likely N-dealkylation sites (tertiary alicyclic amines) is 2. The molecule has 1 atom stereocenters. The molecule has 2 fully saturated rings. The number of carbonyl (C=O) groups excluding carboxylic acids is 1. The van der Waals surface area contributed by atoms with E-state index in [0.29, 0.717) is 5.91 Å². The van der Waals surface area contributed by atoms with E-state index in [-0.39, 0.29) is 5.41 Å². The first kappa shape index (κ1) is 16.3. The molecule has 4 nitrogen and oxygen atoms in total. The van der Waals surface area contributed by atoms with Crippen LogP contribution in [0.25, 0.3) is 0 Å². The van der Waals surface area contributed by atoms with Gasteiger partial charge in [-0.2, -0.15) is 0 Å². The van der Waals surface area contributed by atoms with Gasteiger partial charge in [0.1, 0.15) is 0 Å². The van der Waals surface area contributed by atoms with E-state index >= 15 is 0 Å². The second-order valence-corrected chi connectivity index (χ2v) is 7.57. The van der Waals surface area contributed by atoms with Gasteiger partial charge in [0.25, 0.3) is 0 Å². The summed E-state index contributed by atoms with van der Waals surface area (Å²) in [6.07, 6.45) is 5.70.